The third-order valence-corrected chi connectivity index (χ3v) is 7.10. The molecule has 1 unspecified atom stereocenters. The number of aryl methyl sites for hydroxylation is 1. The van der Waals surface area contributed by atoms with E-state index in [9.17, 15) is 18.4 Å². The van der Waals surface area contributed by atoms with Crippen LogP contribution in [0.5, 0.6) is 0 Å². The van der Waals surface area contributed by atoms with Crippen molar-refractivity contribution in [2.75, 3.05) is 26.2 Å². The monoisotopic (exact) mass is 497 g/mol. The van der Waals surface area contributed by atoms with Crippen LogP contribution in [0.1, 0.15) is 32.8 Å². The second-order valence-corrected chi connectivity index (χ2v) is 11.3. The summed E-state index contributed by atoms with van der Waals surface area (Å²) in [5, 5.41) is 0. The second kappa shape index (κ2) is 8.80. The fourth-order valence-electron chi connectivity index (χ4n) is 5.10. The van der Waals surface area contributed by atoms with E-state index in [1.54, 1.807) is 22.7 Å². The van der Waals surface area contributed by atoms with Gasteiger partial charge < -0.3 is 4.90 Å². The van der Waals surface area contributed by atoms with Crippen LogP contribution in [0, 0.1) is 11.3 Å². The molecule has 0 N–H and O–H groups in total. The van der Waals surface area contributed by atoms with Crippen molar-refractivity contribution in [2.24, 2.45) is 18.4 Å². The first kappa shape index (κ1) is 24.6. The maximum absolute atomic E-state index is 13.3. The number of hydrogen-bond donors (Lipinski definition) is 0. The predicted octanol–water partition coefficient (Wildman–Crippen LogP) is 3.75. The Morgan fingerprint density at radius 1 is 1.14 bits per heavy atom. The molecular weight excluding hydrogens is 464 g/mol. The van der Waals surface area contributed by atoms with Gasteiger partial charge in [-0.15, -0.1) is 0 Å². The van der Waals surface area contributed by atoms with Crippen molar-refractivity contribution in [1.29, 1.82) is 0 Å². The molecular formula is C27H33F2N5O2. The number of nitrogens with zero attached hydrogens (tertiary/aromatic N) is 5. The lowest BCUT2D eigenvalue weighted by molar-refractivity contribution is -0.136. The SMILES string of the molecule is Cn1c(=O)n(CC(C)(C)C)c2c(-c3cccc(CN4CCN(C(=O)C5CC5(F)F)CC4)c3)ccnc21. The van der Waals surface area contributed by atoms with E-state index in [2.05, 4.69) is 42.8 Å². The zero-order chi connectivity index (χ0) is 25.8. The molecule has 1 saturated heterocycles. The van der Waals surface area contributed by atoms with E-state index in [0.717, 1.165) is 22.2 Å². The molecule has 9 heteroatoms. The Kier molecular flexibility index (Phi) is 6.01. The Morgan fingerprint density at radius 2 is 1.83 bits per heavy atom. The summed E-state index contributed by atoms with van der Waals surface area (Å²) in [6.07, 6.45) is 1.43. The minimum Gasteiger partial charge on any atom is -0.340 e. The van der Waals surface area contributed by atoms with E-state index in [1.165, 1.54) is 0 Å². The number of hydrogen-bond acceptors (Lipinski definition) is 4. The van der Waals surface area contributed by atoms with Gasteiger partial charge in [0.2, 0.25) is 5.91 Å². The van der Waals surface area contributed by atoms with E-state index < -0.39 is 17.7 Å². The van der Waals surface area contributed by atoms with Gasteiger partial charge in [0.1, 0.15) is 5.92 Å². The number of benzene rings is 1. The number of rotatable bonds is 5. The Labute approximate surface area is 209 Å². The summed E-state index contributed by atoms with van der Waals surface area (Å²) in [5.41, 5.74) is 4.43. The topological polar surface area (TPSA) is 63.4 Å². The first-order chi connectivity index (χ1) is 16.9. The highest BCUT2D eigenvalue weighted by Crippen LogP contribution is 2.49. The number of alkyl halides is 2. The number of carbonyl (C=O) groups excluding carboxylic acids is 1. The van der Waals surface area contributed by atoms with Crippen LogP contribution in [-0.4, -0.2) is 61.9 Å². The molecule has 2 aromatic heterocycles. The molecule has 1 aliphatic carbocycles. The lowest BCUT2D eigenvalue weighted by atomic mass is 9.96. The Morgan fingerprint density at radius 3 is 2.47 bits per heavy atom. The summed E-state index contributed by atoms with van der Waals surface area (Å²) in [4.78, 5) is 33.7. The molecule has 3 aromatic rings. The summed E-state index contributed by atoms with van der Waals surface area (Å²) in [5.74, 6) is -4.34. The van der Waals surface area contributed by atoms with Gasteiger partial charge in [0.25, 0.3) is 5.92 Å². The van der Waals surface area contributed by atoms with Crippen LogP contribution in [0.3, 0.4) is 0 Å². The quantitative estimate of drug-likeness (QED) is 0.539. The maximum atomic E-state index is 13.3. The maximum Gasteiger partial charge on any atom is 0.330 e. The Hall–Kier alpha value is -3.07. The van der Waals surface area contributed by atoms with Gasteiger partial charge in [0.05, 0.1) is 5.52 Å². The van der Waals surface area contributed by atoms with E-state index in [-0.39, 0.29) is 17.5 Å². The third-order valence-electron chi connectivity index (χ3n) is 7.10. The van der Waals surface area contributed by atoms with Crippen LogP contribution in [-0.2, 0) is 24.9 Å². The first-order valence-electron chi connectivity index (χ1n) is 12.5. The number of amides is 1. The molecule has 1 atom stereocenters. The Bertz CT molecular complexity index is 1360. The molecule has 1 saturated carbocycles. The van der Waals surface area contributed by atoms with Gasteiger partial charge >= 0.3 is 5.69 Å². The van der Waals surface area contributed by atoms with Crippen LogP contribution >= 0.6 is 0 Å². The molecule has 36 heavy (non-hydrogen) atoms. The number of fused-ring (bicyclic) bond motifs is 1. The fraction of sp³-hybridized carbons (Fsp3) is 0.519. The normalized spacial score (nSPS) is 20.2. The molecule has 1 amide bonds. The largest absolute Gasteiger partial charge is 0.340 e. The van der Waals surface area contributed by atoms with Crippen molar-refractivity contribution < 1.29 is 13.6 Å². The van der Waals surface area contributed by atoms with Crippen molar-refractivity contribution >= 4 is 17.1 Å². The van der Waals surface area contributed by atoms with Crippen molar-refractivity contribution in [3.05, 3.63) is 52.6 Å². The van der Waals surface area contributed by atoms with E-state index >= 15 is 0 Å². The molecule has 2 aliphatic rings. The minimum atomic E-state index is -2.82. The van der Waals surface area contributed by atoms with Crippen LogP contribution < -0.4 is 5.69 Å². The standard InChI is InChI=1S/C27H33F2N5O2/c1-26(2,3)17-34-22-20(8-9-30-23(22)31(4)25(34)36)19-7-5-6-18(14-19)16-32-10-12-33(13-11-32)24(35)21-15-27(21,28)29/h5-9,14,21H,10-13,15-17H2,1-4H3. The molecule has 0 bridgehead atoms. The summed E-state index contributed by atoms with van der Waals surface area (Å²) < 4.78 is 30.0. The van der Waals surface area contributed by atoms with E-state index in [0.29, 0.717) is 44.9 Å². The van der Waals surface area contributed by atoms with Gasteiger partial charge in [-0.2, -0.15) is 0 Å². The average Bonchev–Trinajstić information content (AvgIpc) is 3.41. The third kappa shape index (κ3) is 4.68. The summed E-state index contributed by atoms with van der Waals surface area (Å²) in [6, 6.07) is 10.2. The number of carbonyl (C=O) groups is 1. The highest BCUT2D eigenvalue weighted by Gasteiger charge is 2.62. The van der Waals surface area contributed by atoms with E-state index in [4.69, 9.17) is 0 Å². The second-order valence-electron chi connectivity index (χ2n) is 11.3. The highest BCUT2D eigenvalue weighted by molar-refractivity contribution is 5.90. The van der Waals surface area contributed by atoms with Gasteiger partial charge in [0, 0.05) is 64.5 Å². The molecule has 0 radical (unpaired) electrons. The molecule has 0 spiro atoms. The number of pyridine rings is 1. The van der Waals surface area contributed by atoms with Crippen molar-refractivity contribution in [3.63, 3.8) is 0 Å². The van der Waals surface area contributed by atoms with Crippen molar-refractivity contribution in [1.82, 2.24) is 23.9 Å². The van der Waals surface area contributed by atoms with Gasteiger partial charge in [-0.25, -0.2) is 18.6 Å². The Balaban J connectivity index is 1.36. The molecule has 1 aliphatic heterocycles. The van der Waals surface area contributed by atoms with Crippen molar-refractivity contribution in [2.45, 2.75) is 46.2 Å². The zero-order valence-electron chi connectivity index (χ0n) is 21.3. The number of halogens is 2. The molecule has 7 nitrogen and oxygen atoms in total. The summed E-state index contributed by atoms with van der Waals surface area (Å²) in [6.45, 7) is 9.85. The number of aromatic nitrogens is 3. The highest BCUT2D eigenvalue weighted by atomic mass is 19.3. The van der Waals surface area contributed by atoms with Gasteiger partial charge in [-0.3, -0.25) is 18.8 Å². The van der Waals surface area contributed by atoms with Crippen LogP contribution in [0.15, 0.2) is 41.3 Å². The van der Waals surface area contributed by atoms with E-state index in [1.807, 2.05) is 22.8 Å². The summed E-state index contributed by atoms with van der Waals surface area (Å²) in [7, 11) is 1.76. The molecule has 3 heterocycles. The van der Waals surface area contributed by atoms with Gasteiger partial charge in [-0.1, -0.05) is 39.0 Å². The van der Waals surface area contributed by atoms with Gasteiger partial charge in [0.15, 0.2) is 5.65 Å². The fourth-order valence-corrected chi connectivity index (χ4v) is 5.10. The molecule has 1 aromatic carbocycles. The zero-order valence-corrected chi connectivity index (χ0v) is 21.3. The van der Waals surface area contributed by atoms with Gasteiger partial charge in [-0.05, 0) is 28.7 Å². The van der Waals surface area contributed by atoms with Crippen molar-refractivity contribution in [3.8, 4) is 11.1 Å². The first-order valence-corrected chi connectivity index (χ1v) is 12.5. The van der Waals surface area contributed by atoms with Crippen LogP contribution in [0.2, 0.25) is 0 Å². The van der Waals surface area contributed by atoms with Crippen LogP contribution in [0.4, 0.5) is 8.78 Å². The molecule has 192 valence electrons. The number of imidazole rings is 1. The van der Waals surface area contributed by atoms with Crippen LogP contribution in [0.25, 0.3) is 22.3 Å². The minimum absolute atomic E-state index is 0.0765. The number of piperazine rings is 1. The average molecular weight is 498 g/mol. The summed E-state index contributed by atoms with van der Waals surface area (Å²) >= 11 is 0. The molecule has 5 rings (SSSR count). The molecule has 2 fully saturated rings. The smallest absolute Gasteiger partial charge is 0.330 e. The predicted molar refractivity (Wildman–Crippen MR) is 135 cm³/mol. The lowest BCUT2D eigenvalue weighted by Crippen LogP contribution is -2.49. The lowest BCUT2D eigenvalue weighted by Gasteiger charge is -2.35.